The van der Waals surface area contributed by atoms with Gasteiger partial charge >= 0.3 is 5.97 Å². The average molecular weight is 249 g/mol. The number of anilines is 1. The minimum atomic E-state index is -1.18. The van der Waals surface area contributed by atoms with Crippen LogP contribution in [0.1, 0.15) is 0 Å². The summed E-state index contributed by atoms with van der Waals surface area (Å²) in [6.07, 6.45) is 0. The Labute approximate surface area is 95.1 Å². The molecule has 0 amide bonds. The molecule has 0 spiro atoms. The van der Waals surface area contributed by atoms with Crippen molar-refractivity contribution in [2.24, 2.45) is 5.29 Å². The van der Waals surface area contributed by atoms with Crippen LogP contribution in [0.4, 0.5) is 5.69 Å². The van der Waals surface area contributed by atoms with Gasteiger partial charge in [0, 0.05) is 5.02 Å². The van der Waals surface area contributed by atoms with Crippen LogP contribution in [0.3, 0.4) is 0 Å². The van der Waals surface area contributed by atoms with Gasteiger partial charge in [0.2, 0.25) is 0 Å². The number of nitroso groups, excluding NO2 is 1. The van der Waals surface area contributed by atoms with Crippen LogP contribution in [0, 0.1) is 4.91 Å². The van der Waals surface area contributed by atoms with E-state index in [0.29, 0.717) is 5.02 Å². The van der Waals surface area contributed by atoms with E-state index in [2.05, 4.69) is 5.29 Å². The normalized spacial score (nSPS) is 9.73. The third-order valence-corrected chi connectivity index (χ3v) is 2.11. The minimum Gasteiger partial charge on any atom is -0.480 e. The monoisotopic (exact) mass is 248 g/mol. The number of carboxylic acid groups (broad SMARTS) is 1. The van der Waals surface area contributed by atoms with Gasteiger partial charge in [-0.1, -0.05) is 23.2 Å². The summed E-state index contributed by atoms with van der Waals surface area (Å²) in [4.78, 5) is 20.8. The number of benzene rings is 1. The Hall–Kier alpha value is -1.33. The predicted octanol–water partition coefficient (Wildman–Crippen LogP) is 2.57. The van der Waals surface area contributed by atoms with Crippen LogP contribution in [-0.2, 0) is 4.79 Å². The van der Waals surface area contributed by atoms with Gasteiger partial charge < -0.3 is 5.11 Å². The third kappa shape index (κ3) is 3.07. The molecule has 1 rings (SSSR count). The van der Waals surface area contributed by atoms with Gasteiger partial charge in [0.15, 0.2) is 0 Å². The Bertz CT molecular complexity index is 397. The molecule has 0 radical (unpaired) electrons. The fraction of sp³-hybridized carbons (Fsp3) is 0.125. The molecule has 7 heteroatoms. The minimum absolute atomic E-state index is 0.170. The summed E-state index contributed by atoms with van der Waals surface area (Å²) in [5.41, 5.74) is 0.207. The fourth-order valence-electron chi connectivity index (χ4n) is 0.977. The van der Waals surface area contributed by atoms with Gasteiger partial charge in [-0.15, -0.1) is 4.91 Å². The van der Waals surface area contributed by atoms with Crippen molar-refractivity contribution >= 4 is 34.9 Å². The van der Waals surface area contributed by atoms with Crippen molar-refractivity contribution in [3.8, 4) is 0 Å². The lowest BCUT2D eigenvalue weighted by Gasteiger charge is -2.13. The molecule has 0 aliphatic carbocycles. The Morgan fingerprint density at radius 1 is 1.47 bits per heavy atom. The Morgan fingerprint density at radius 2 is 2.13 bits per heavy atom. The number of hydrogen-bond donors (Lipinski definition) is 1. The maximum Gasteiger partial charge on any atom is 0.325 e. The lowest BCUT2D eigenvalue weighted by Crippen LogP contribution is -2.23. The van der Waals surface area contributed by atoms with Crippen LogP contribution < -0.4 is 5.01 Å². The van der Waals surface area contributed by atoms with Crippen molar-refractivity contribution in [2.75, 3.05) is 11.6 Å². The smallest absolute Gasteiger partial charge is 0.325 e. The van der Waals surface area contributed by atoms with Crippen LogP contribution in [0.2, 0.25) is 10.0 Å². The van der Waals surface area contributed by atoms with Crippen LogP contribution in [0.25, 0.3) is 0 Å². The van der Waals surface area contributed by atoms with E-state index >= 15 is 0 Å². The van der Waals surface area contributed by atoms with Crippen LogP contribution >= 0.6 is 23.2 Å². The molecule has 0 aliphatic rings. The molecule has 0 aromatic heterocycles. The van der Waals surface area contributed by atoms with Gasteiger partial charge in [-0.25, -0.2) is 5.01 Å². The first kappa shape index (κ1) is 11.7. The summed E-state index contributed by atoms with van der Waals surface area (Å²) in [5, 5.41) is 12.4. The molecule has 1 aromatic rings. The van der Waals surface area contributed by atoms with E-state index in [0.717, 1.165) is 5.01 Å². The number of carbonyl (C=O) groups is 1. The summed E-state index contributed by atoms with van der Waals surface area (Å²) < 4.78 is 0. The third-order valence-electron chi connectivity index (χ3n) is 1.57. The lowest BCUT2D eigenvalue weighted by molar-refractivity contribution is -0.135. The largest absolute Gasteiger partial charge is 0.480 e. The number of aliphatic carboxylic acids is 1. The van der Waals surface area contributed by atoms with Gasteiger partial charge in [0.1, 0.15) is 6.54 Å². The molecule has 15 heavy (non-hydrogen) atoms. The van der Waals surface area contributed by atoms with E-state index in [4.69, 9.17) is 28.3 Å². The summed E-state index contributed by atoms with van der Waals surface area (Å²) in [5.74, 6) is -1.18. The predicted molar refractivity (Wildman–Crippen MR) is 57.2 cm³/mol. The number of hydrogen-bond acceptors (Lipinski definition) is 3. The molecular formula is C8H6Cl2N2O3. The second-order valence-electron chi connectivity index (χ2n) is 2.63. The summed E-state index contributed by atoms with van der Waals surface area (Å²) >= 11 is 11.4. The molecule has 5 nitrogen and oxygen atoms in total. The molecular weight excluding hydrogens is 243 g/mol. The van der Waals surface area contributed by atoms with Crippen LogP contribution in [0.5, 0.6) is 0 Å². The maximum atomic E-state index is 10.4. The topological polar surface area (TPSA) is 70.0 Å². The number of carboxylic acids is 1. The molecule has 0 atom stereocenters. The van der Waals surface area contributed by atoms with Crippen molar-refractivity contribution in [1.82, 2.24) is 0 Å². The zero-order valence-corrected chi connectivity index (χ0v) is 8.87. The molecule has 0 saturated heterocycles. The van der Waals surface area contributed by atoms with Gasteiger partial charge in [0.25, 0.3) is 0 Å². The lowest BCUT2D eigenvalue weighted by atomic mass is 10.3. The molecule has 0 saturated carbocycles. The van der Waals surface area contributed by atoms with E-state index in [1.54, 1.807) is 0 Å². The van der Waals surface area contributed by atoms with Gasteiger partial charge in [0.05, 0.1) is 16.0 Å². The van der Waals surface area contributed by atoms with E-state index in [1.807, 2.05) is 0 Å². The molecule has 1 aromatic carbocycles. The van der Waals surface area contributed by atoms with Gasteiger partial charge in [-0.2, -0.15) is 0 Å². The van der Waals surface area contributed by atoms with Crippen molar-refractivity contribution in [3.63, 3.8) is 0 Å². The first-order chi connectivity index (χ1) is 7.04. The number of rotatable bonds is 4. The van der Waals surface area contributed by atoms with Crippen molar-refractivity contribution < 1.29 is 9.90 Å². The highest BCUT2D eigenvalue weighted by molar-refractivity contribution is 6.36. The van der Waals surface area contributed by atoms with Crippen LogP contribution in [-0.4, -0.2) is 17.6 Å². The fourth-order valence-corrected chi connectivity index (χ4v) is 1.48. The Morgan fingerprint density at radius 3 is 2.60 bits per heavy atom. The highest BCUT2D eigenvalue weighted by atomic mass is 35.5. The van der Waals surface area contributed by atoms with Crippen LogP contribution in [0.15, 0.2) is 23.5 Å². The standard InChI is InChI=1S/C8H6Cl2N2O3/c9-5-1-2-7(6(10)3-5)12(11-15)4-8(13)14/h1-3H,4H2,(H,13,14). The van der Waals surface area contributed by atoms with E-state index in [-0.39, 0.29) is 10.7 Å². The van der Waals surface area contributed by atoms with Crippen molar-refractivity contribution in [2.45, 2.75) is 0 Å². The zero-order chi connectivity index (χ0) is 11.4. The van der Waals surface area contributed by atoms with Crippen molar-refractivity contribution in [1.29, 1.82) is 0 Å². The maximum absolute atomic E-state index is 10.4. The number of nitrogens with zero attached hydrogens (tertiary/aromatic N) is 2. The summed E-state index contributed by atoms with van der Waals surface area (Å²) in [6, 6.07) is 4.32. The zero-order valence-electron chi connectivity index (χ0n) is 7.35. The molecule has 0 aliphatic heterocycles. The Kier molecular flexibility index (Phi) is 3.88. The molecule has 0 fully saturated rings. The average Bonchev–Trinajstić information content (AvgIpc) is 2.14. The van der Waals surface area contributed by atoms with Gasteiger partial charge in [-0.3, -0.25) is 4.79 Å². The van der Waals surface area contributed by atoms with Gasteiger partial charge in [-0.05, 0) is 18.2 Å². The first-order valence-electron chi connectivity index (χ1n) is 3.82. The van der Waals surface area contributed by atoms with E-state index in [9.17, 15) is 9.70 Å². The molecule has 0 heterocycles. The van der Waals surface area contributed by atoms with Crippen molar-refractivity contribution in [3.05, 3.63) is 33.2 Å². The molecule has 0 unspecified atom stereocenters. The second-order valence-corrected chi connectivity index (χ2v) is 3.47. The van der Waals surface area contributed by atoms with E-state index in [1.165, 1.54) is 18.2 Å². The molecule has 80 valence electrons. The number of halogens is 2. The Balaban J connectivity index is 3.01. The molecule has 0 bridgehead atoms. The molecule has 1 N–H and O–H groups in total. The van der Waals surface area contributed by atoms with E-state index < -0.39 is 12.5 Å². The summed E-state index contributed by atoms with van der Waals surface area (Å²) in [6.45, 7) is -0.551. The quantitative estimate of drug-likeness (QED) is 0.657. The highest BCUT2D eigenvalue weighted by Gasteiger charge is 2.14. The summed E-state index contributed by atoms with van der Waals surface area (Å²) in [7, 11) is 0. The highest BCUT2D eigenvalue weighted by Crippen LogP contribution is 2.28. The second kappa shape index (κ2) is 4.95. The SMILES string of the molecule is O=NN(CC(=O)O)c1ccc(Cl)cc1Cl. The first-order valence-corrected chi connectivity index (χ1v) is 4.58.